The van der Waals surface area contributed by atoms with Gasteiger partial charge in [0.15, 0.2) is 0 Å². The molecule has 0 saturated carbocycles. The molecule has 2 aromatic carbocycles. The second-order valence-electron chi connectivity index (χ2n) is 7.83. The van der Waals surface area contributed by atoms with Crippen LogP contribution >= 0.6 is 0 Å². The number of amides is 1. The minimum Gasteiger partial charge on any atom is -0.360 e. The van der Waals surface area contributed by atoms with Crippen molar-refractivity contribution in [3.05, 3.63) is 71.5 Å². The van der Waals surface area contributed by atoms with Crippen LogP contribution in [0.4, 0.5) is 11.4 Å². The Balaban J connectivity index is 1.40. The monoisotopic (exact) mass is 390 g/mol. The van der Waals surface area contributed by atoms with E-state index >= 15 is 0 Å². The number of rotatable bonds is 4. The highest BCUT2D eigenvalue weighted by atomic mass is 16.1. The minimum atomic E-state index is -0.110. The largest absolute Gasteiger partial charge is 0.360 e. The number of piperazine rings is 1. The second kappa shape index (κ2) is 8.09. The summed E-state index contributed by atoms with van der Waals surface area (Å²) >= 11 is 0. The Hall–Kier alpha value is -3.12. The maximum absolute atomic E-state index is 12.6. The van der Waals surface area contributed by atoms with Crippen molar-refractivity contribution in [3.63, 3.8) is 0 Å². The van der Waals surface area contributed by atoms with E-state index in [9.17, 15) is 4.79 Å². The number of benzene rings is 2. The fourth-order valence-corrected chi connectivity index (χ4v) is 3.75. The van der Waals surface area contributed by atoms with E-state index in [4.69, 9.17) is 0 Å². The van der Waals surface area contributed by atoms with Crippen molar-refractivity contribution in [1.29, 1.82) is 0 Å². The van der Waals surface area contributed by atoms with Gasteiger partial charge in [-0.2, -0.15) is 5.10 Å². The molecule has 4 rings (SSSR count). The number of aromatic nitrogens is 2. The lowest BCUT2D eigenvalue weighted by Crippen LogP contribution is -3.12. The second-order valence-corrected chi connectivity index (χ2v) is 7.83. The minimum absolute atomic E-state index is 0.110. The Morgan fingerprint density at radius 2 is 1.59 bits per heavy atom. The average Bonchev–Trinajstić information content (AvgIpc) is 3.07. The van der Waals surface area contributed by atoms with Gasteiger partial charge in [0.2, 0.25) is 0 Å². The van der Waals surface area contributed by atoms with Crippen molar-refractivity contribution in [1.82, 2.24) is 9.78 Å². The summed E-state index contributed by atoms with van der Waals surface area (Å²) in [6.45, 7) is 8.45. The summed E-state index contributed by atoms with van der Waals surface area (Å²) in [7, 11) is 2.24. The molecular formula is C23H28N5O+. The van der Waals surface area contributed by atoms with Gasteiger partial charge >= 0.3 is 0 Å². The van der Waals surface area contributed by atoms with E-state index in [-0.39, 0.29) is 5.91 Å². The van der Waals surface area contributed by atoms with Gasteiger partial charge in [-0.3, -0.25) is 4.79 Å². The van der Waals surface area contributed by atoms with E-state index in [2.05, 4.69) is 34.5 Å². The molecule has 1 aliphatic rings. The molecule has 3 aromatic rings. The van der Waals surface area contributed by atoms with Crippen LogP contribution in [0.3, 0.4) is 0 Å². The third-order valence-corrected chi connectivity index (χ3v) is 5.49. The summed E-state index contributed by atoms with van der Waals surface area (Å²) in [5.74, 6) is -0.110. The average molecular weight is 391 g/mol. The first-order valence-corrected chi connectivity index (χ1v) is 10.1. The summed E-state index contributed by atoms with van der Waals surface area (Å²) < 4.78 is 1.88. The van der Waals surface area contributed by atoms with Crippen molar-refractivity contribution in [2.24, 2.45) is 0 Å². The number of hydrogen-bond donors (Lipinski definition) is 2. The van der Waals surface area contributed by atoms with Crippen LogP contribution in [-0.2, 0) is 0 Å². The zero-order valence-corrected chi connectivity index (χ0v) is 17.3. The van der Waals surface area contributed by atoms with Crippen LogP contribution < -0.4 is 15.1 Å². The maximum atomic E-state index is 12.6. The molecule has 1 aromatic heterocycles. The molecule has 1 amide bonds. The van der Waals surface area contributed by atoms with E-state index in [1.54, 1.807) is 4.90 Å². The lowest BCUT2D eigenvalue weighted by Gasteiger charge is -2.31. The van der Waals surface area contributed by atoms with Gasteiger partial charge in [-0.05, 0) is 68.4 Å². The zero-order chi connectivity index (χ0) is 20.4. The molecule has 2 heterocycles. The molecular weight excluding hydrogens is 362 g/mol. The molecule has 0 aliphatic carbocycles. The van der Waals surface area contributed by atoms with Crippen LogP contribution in [0, 0.1) is 13.8 Å². The van der Waals surface area contributed by atoms with E-state index in [0.717, 1.165) is 48.9 Å². The number of anilines is 2. The summed E-state index contributed by atoms with van der Waals surface area (Å²) in [6.07, 6.45) is 0. The SMILES string of the molecule is Cc1cc(C)n(-c2ccc(C(=O)Nc3ccc(N4CC[NH+](C)CC4)cc3)cc2)n1. The molecule has 6 heteroatoms. The number of aryl methyl sites for hydroxylation is 2. The highest BCUT2D eigenvalue weighted by Crippen LogP contribution is 2.19. The molecule has 0 atom stereocenters. The van der Waals surface area contributed by atoms with Crippen molar-refractivity contribution in [2.75, 3.05) is 43.4 Å². The molecule has 2 N–H and O–H groups in total. The Morgan fingerprint density at radius 3 is 2.17 bits per heavy atom. The summed E-state index contributed by atoms with van der Waals surface area (Å²) in [6, 6.07) is 17.7. The third kappa shape index (κ3) is 4.32. The van der Waals surface area contributed by atoms with E-state index in [1.165, 1.54) is 5.69 Å². The first-order chi connectivity index (χ1) is 14.0. The molecule has 6 nitrogen and oxygen atoms in total. The van der Waals surface area contributed by atoms with Crippen LogP contribution in [0.5, 0.6) is 0 Å². The van der Waals surface area contributed by atoms with Crippen LogP contribution in [-0.4, -0.2) is 48.9 Å². The number of carbonyl (C=O) groups excluding carboxylic acids is 1. The lowest BCUT2D eigenvalue weighted by atomic mass is 10.1. The van der Waals surface area contributed by atoms with Crippen LogP contribution in [0.2, 0.25) is 0 Å². The van der Waals surface area contributed by atoms with Gasteiger partial charge in [0.25, 0.3) is 5.91 Å². The smallest absolute Gasteiger partial charge is 0.255 e. The Bertz CT molecular complexity index is 983. The third-order valence-electron chi connectivity index (χ3n) is 5.49. The molecule has 0 spiro atoms. The van der Waals surface area contributed by atoms with Crippen molar-refractivity contribution in [2.45, 2.75) is 13.8 Å². The van der Waals surface area contributed by atoms with Gasteiger partial charge in [-0.25, -0.2) is 4.68 Å². The molecule has 0 bridgehead atoms. The predicted octanol–water partition coefficient (Wildman–Crippen LogP) is 2.08. The Labute approximate surface area is 171 Å². The topological polar surface area (TPSA) is 54.6 Å². The van der Waals surface area contributed by atoms with Crippen molar-refractivity contribution < 1.29 is 9.69 Å². The highest BCUT2D eigenvalue weighted by molar-refractivity contribution is 6.04. The molecule has 1 aliphatic heterocycles. The fraction of sp³-hybridized carbons (Fsp3) is 0.304. The highest BCUT2D eigenvalue weighted by Gasteiger charge is 2.17. The summed E-state index contributed by atoms with van der Waals surface area (Å²) in [4.78, 5) is 16.6. The molecule has 150 valence electrons. The number of quaternary nitrogens is 1. The zero-order valence-electron chi connectivity index (χ0n) is 17.3. The number of nitrogens with zero attached hydrogens (tertiary/aromatic N) is 3. The Morgan fingerprint density at radius 1 is 0.966 bits per heavy atom. The van der Waals surface area contributed by atoms with Gasteiger partial charge in [-0.1, -0.05) is 0 Å². The van der Waals surface area contributed by atoms with Crippen molar-refractivity contribution in [3.8, 4) is 5.69 Å². The van der Waals surface area contributed by atoms with Crippen LogP contribution in [0.15, 0.2) is 54.6 Å². The number of carbonyl (C=O) groups is 1. The number of hydrogen-bond acceptors (Lipinski definition) is 3. The molecule has 1 saturated heterocycles. The lowest BCUT2D eigenvalue weighted by molar-refractivity contribution is -0.880. The van der Waals surface area contributed by atoms with Crippen LogP contribution in [0.1, 0.15) is 21.7 Å². The summed E-state index contributed by atoms with van der Waals surface area (Å²) in [5, 5.41) is 7.47. The van der Waals surface area contributed by atoms with Crippen LogP contribution in [0.25, 0.3) is 5.69 Å². The van der Waals surface area contributed by atoms with E-state index in [1.807, 2.05) is 61.0 Å². The summed E-state index contributed by atoms with van der Waals surface area (Å²) in [5.41, 5.74) is 5.64. The fourth-order valence-electron chi connectivity index (χ4n) is 3.75. The maximum Gasteiger partial charge on any atom is 0.255 e. The molecule has 1 fully saturated rings. The van der Waals surface area contributed by atoms with Gasteiger partial charge in [0.1, 0.15) is 0 Å². The quantitative estimate of drug-likeness (QED) is 0.717. The molecule has 29 heavy (non-hydrogen) atoms. The van der Waals surface area contributed by atoms with Gasteiger partial charge in [-0.15, -0.1) is 0 Å². The normalized spacial score (nSPS) is 14.8. The van der Waals surface area contributed by atoms with Gasteiger partial charge in [0.05, 0.1) is 44.6 Å². The number of likely N-dealkylation sites (N-methyl/N-ethyl adjacent to an activating group) is 1. The van der Waals surface area contributed by atoms with Crippen molar-refractivity contribution >= 4 is 17.3 Å². The van der Waals surface area contributed by atoms with E-state index in [0.29, 0.717) is 5.56 Å². The first kappa shape index (κ1) is 19.2. The van der Waals surface area contributed by atoms with Gasteiger partial charge < -0.3 is 15.1 Å². The Kier molecular flexibility index (Phi) is 5.36. The number of nitrogens with one attached hydrogen (secondary N) is 2. The standard InChI is InChI=1S/C23H27N5O/c1-17-16-18(2)28(25-17)22-8-4-19(5-9-22)23(29)24-20-6-10-21(11-7-20)27-14-12-26(3)13-15-27/h4-11,16H,12-15H2,1-3H3,(H,24,29)/p+1. The van der Waals surface area contributed by atoms with E-state index < -0.39 is 0 Å². The predicted molar refractivity (Wildman–Crippen MR) is 116 cm³/mol. The molecule has 0 unspecified atom stereocenters. The first-order valence-electron chi connectivity index (χ1n) is 10.1. The van der Waals surface area contributed by atoms with Gasteiger partial charge in [0, 0.05) is 22.6 Å². The molecule has 0 radical (unpaired) electrons.